The summed E-state index contributed by atoms with van der Waals surface area (Å²) >= 11 is 0. The summed E-state index contributed by atoms with van der Waals surface area (Å²) < 4.78 is 14.6. The Labute approximate surface area is 157 Å². The zero-order chi connectivity index (χ0) is 19.7. The van der Waals surface area contributed by atoms with Gasteiger partial charge in [0.15, 0.2) is 11.5 Å². The normalized spacial score (nSPS) is 17.1. The molecule has 3 rings (SSSR count). The van der Waals surface area contributed by atoms with Crippen LogP contribution in [0.2, 0.25) is 0 Å². The standard InChI is InChI=1S/C22H22FNO3/c1-13(2)11-18(25)19-20(16-9-4-5-10-17(16)23)24(22(27)21(19)26)15-8-6-7-14(3)12-15/h4-10,12-13,20,26H,11H2,1-3H3. The SMILES string of the molecule is Cc1cccc(N2C(=O)C(O)=C(C(=O)CC(C)C)C2c2ccccc2F)c1. The molecule has 1 unspecified atom stereocenters. The monoisotopic (exact) mass is 367 g/mol. The van der Waals surface area contributed by atoms with Crippen molar-refractivity contribution in [3.05, 3.63) is 76.8 Å². The number of hydrogen-bond donors (Lipinski definition) is 1. The maximum atomic E-state index is 14.6. The van der Waals surface area contributed by atoms with Crippen molar-refractivity contribution in [3.63, 3.8) is 0 Å². The summed E-state index contributed by atoms with van der Waals surface area (Å²) in [5.41, 5.74) is 1.56. The highest BCUT2D eigenvalue weighted by molar-refractivity contribution is 6.16. The Morgan fingerprint density at radius 1 is 1.19 bits per heavy atom. The van der Waals surface area contributed by atoms with Crippen LogP contribution in [0.1, 0.15) is 37.4 Å². The van der Waals surface area contributed by atoms with E-state index in [0.29, 0.717) is 5.69 Å². The molecule has 1 N–H and O–H groups in total. The van der Waals surface area contributed by atoms with Crippen LogP contribution in [-0.4, -0.2) is 16.8 Å². The number of anilines is 1. The van der Waals surface area contributed by atoms with Gasteiger partial charge in [0.2, 0.25) is 0 Å². The average Bonchev–Trinajstić information content (AvgIpc) is 2.86. The van der Waals surface area contributed by atoms with E-state index >= 15 is 0 Å². The lowest BCUT2D eigenvalue weighted by molar-refractivity contribution is -0.118. The molecule has 1 heterocycles. The molecule has 2 aromatic carbocycles. The van der Waals surface area contributed by atoms with E-state index in [2.05, 4.69) is 0 Å². The number of carbonyl (C=O) groups is 2. The van der Waals surface area contributed by atoms with Crippen molar-refractivity contribution in [3.8, 4) is 0 Å². The van der Waals surface area contributed by atoms with Gasteiger partial charge in [-0.05, 0) is 36.6 Å². The first-order chi connectivity index (χ1) is 12.8. The number of aryl methyl sites for hydroxylation is 1. The molecule has 0 bridgehead atoms. The van der Waals surface area contributed by atoms with E-state index in [0.717, 1.165) is 5.56 Å². The fourth-order valence-electron chi connectivity index (χ4n) is 3.41. The summed E-state index contributed by atoms with van der Waals surface area (Å²) in [7, 11) is 0. The van der Waals surface area contributed by atoms with Crippen LogP contribution in [0.3, 0.4) is 0 Å². The molecule has 1 aliphatic heterocycles. The van der Waals surface area contributed by atoms with Crippen LogP contribution in [0.5, 0.6) is 0 Å². The van der Waals surface area contributed by atoms with Crippen LogP contribution in [0.25, 0.3) is 0 Å². The van der Waals surface area contributed by atoms with Gasteiger partial charge in [-0.1, -0.05) is 44.2 Å². The third-order valence-electron chi connectivity index (χ3n) is 4.58. The minimum absolute atomic E-state index is 0.0414. The zero-order valence-electron chi connectivity index (χ0n) is 15.6. The highest BCUT2D eigenvalue weighted by atomic mass is 19.1. The van der Waals surface area contributed by atoms with Crippen LogP contribution < -0.4 is 4.90 Å². The highest BCUT2D eigenvalue weighted by Crippen LogP contribution is 2.42. The van der Waals surface area contributed by atoms with Gasteiger partial charge in [-0.3, -0.25) is 14.5 Å². The smallest absolute Gasteiger partial charge is 0.294 e. The summed E-state index contributed by atoms with van der Waals surface area (Å²) in [5, 5.41) is 10.5. The van der Waals surface area contributed by atoms with Crippen molar-refractivity contribution in [2.24, 2.45) is 5.92 Å². The molecule has 140 valence electrons. The fourth-order valence-corrected chi connectivity index (χ4v) is 3.41. The summed E-state index contributed by atoms with van der Waals surface area (Å²) in [6.45, 7) is 5.63. The number of halogens is 1. The first-order valence-electron chi connectivity index (χ1n) is 8.92. The van der Waals surface area contributed by atoms with Gasteiger partial charge in [0.25, 0.3) is 5.91 Å². The number of ketones is 1. The van der Waals surface area contributed by atoms with Gasteiger partial charge in [0.05, 0.1) is 11.6 Å². The Hall–Kier alpha value is -2.95. The Kier molecular flexibility index (Phi) is 5.13. The molecule has 5 heteroatoms. The van der Waals surface area contributed by atoms with Gasteiger partial charge in [0, 0.05) is 17.7 Å². The Bertz CT molecular complexity index is 933. The molecule has 27 heavy (non-hydrogen) atoms. The summed E-state index contributed by atoms with van der Waals surface area (Å²) in [5.74, 6) is -2.13. The summed E-state index contributed by atoms with van der Waals surface area (Å²) in [6, 6.07) is 12.2. The molecule has 1 amide bonds. The lowest BCUT2D eigenvalue weighted by Gasteiger charge is -2.27. The second kappa shape index (κ2) is 7.35. The molecule has 0 aliphatic carbocycles. The highest BCUT2D eigenvalue weighted by Gasteiger charge is 2.45. The van der Waals surface area contributed by atoms with E-state index in [1.165, 1.54) is 17.0 Å². The van der Waals surface area contributed by atoms with Crippen LogP contribution >= 0.6 is 0 Å². The molecule has 1 aliphatic rings. The van der Waals surface area contributed by atoms with Crippen molar-refractivity contribution in [1.82, 2.24) is 0 Å². The molecule has 4 nitrogen and oxygen atoms in total. The van der Waals surface area contributed by atoms with Crippen molar-refractivity contribution in [1.29, 1.82) is 0 Å². The number of carbonyl (C=O) groups excluding carboxylic acids is 2. The van der Waals surface area contributed by atoms with Crippen LogP contribution in [0, 0.1) is 18.7 Å². The van der Waals surface area contributed by atoms with Crippen molar-refractivity contribution in [2.75, 3.05) is 4.90 Å². The number of nitrogens with zero attached hydrogens (tertiary/aromatic N) is 1. The van der Waals surface area contributed by atoms with E-state index in [1.54, 1.807) is 30.3 Å². The quantitative estimate of drug-likeness (QED) is 0.837. The van der Waals surface area contributed by atoms with E-state index in [9.17, 15) is 19.1 Å². The van der Waals surface area contributed by atoms with Gasteiger partial charge >= 0.3 is 0 Å². The largest absolute Gasteiger partial charge is 0.503 e. The van der Waals surface area contributed by atoms with E-state index in [4.69, 9.17) is 0 Å². The first kappa shape index (κ1) is 18.8. The maximum Gasteiger partial charge on any atom is 0.294 e. The van der Waals surface area contributed by atoms with E-state index in [1.807, 2.05) is 26.8 Å². The lowest BCUT2D eigenvalue weighted by atomic mass is 9.91. The predicted octanol–water partition coefficient (Wildman–Crippen LogP) is 4.65. The predicted molar refractivity (Wildman–Crippen MR) is 102 cm³/mol. The third-order valence-corrected chi connectivity index (χ3v) is 4.58. The second-order valence-corrected chi connectivity index (χ2v) is 7.22. The number of hydrogen-bond acceptors (Lipinski definition) is 3. The average molecular weight is 367 g/mol. The molecule has 0 radical (unpaired) electrons. The number of aliphatic hydroxyl groups excluding tert-OH is 1. The molecule has 0 aromatic heterocycles. The van der Waals surface area contributed by atoms with Crippen molar-refractivity contribution in [2.45, 2.75) is 33.2 Å². The Balaban J connectivity index is 2.19. The summed E-state index contributed by atoms with van der Waals surface area (Å²) in [4.78, 5) is 27.0. The molecular formula is C22H22FNO3. The van der Waals surface area contributed by atoms with Crippen LogP contribution in [0.4, 0.5) is 10.1 Å². The van der Waals surface area contributed by atoms with Crippen molar-refractivity contribution < 1.29 is 19.1 Å². The van der Waals surface area contributed by atoms with Gasteiger partial charge in [-0.25, -0.2) is 4.39 Å². The molecule has 1 atom stereocenters. The molecular weight excluding hydrogens is 345 g/mol. The van der Waals surface area contributed by atoms with E-state index in [-0.39, 0.29) is 29.3 Å². The van der Waals surface area contributed by atoms with E-state index < -0.39 is 23.5 Å². The minimum atomic E-state index is -0.994. The van der Waals surface area contributed by atoms with Crippen LogP contribution in [0.15, 0.2) is 59.9 Å². The van der Waals surface area contributed by atoms with Gasteiger partial charge in [-0.15, -0.1) is 0 Å². The Morgan fingerprint density at radius 3 is 2.52 bits per heavy atom. The Morgan fingerprint density at radius 2 is 1.89 bits per heavy atom. The molecule has 0 saturated heterocycles. The molecule has 2 aromatic rings. The number of rotatable bonds is 5. The van der Waals surface area contributed by atoms with Gasteiger partial charge in [0.1, 0.15) is 5.82 Å². The fraction of sp³-hybridized carbons (Fsp3) is 0.273. The molecule has 0 fully saturated rings. The second-order valence-electron chi connectivity index (χ2n) is 7.22. The summed E-state index contributed by atoms with van der Waals surface area (Å²) in [6.07, 6.45) is 0.166. The van der Waals surface area contributed by atoms with Crippen molar-refractivity contribution >= 4 is 17.4 Å². The zero-order valence-corrected chi connectivity index (χ0v) is 15.6. The first-order valence-corrected chi connectivity index (χ1v) is 8.92. The van der Waals surface area contributed by atoms with Gasteiger partial charge < -0.3 is 5.11 Å². The molecule has 0 saturated carbocycles. The minimum Gasteiger partial charge on any atom is -0.503 e. The number of amides is 1. The number of Topliss-reactive ketones (excluding diaryl/α,β-unsaturated/α-hetero) is 1. The number of benzene rings is 2. The maximum absolute atomic E-state index is 14.6. The third kappa shape index (κ3) is 3.50. The lowest BCUT2D eigenvalue weighted by Crippen LogP contribution is -2.31. The van der Waals surface area contributed by atoms with Crippen LogP contribution in [-0.2, 0) is 9.59 Å². The topological polar surface area (TPSA) is 57.6 Å². The van der Waals surface area contributed by atoms with Gasteiger partial charge in [-0.2, -0.15) is 0 Å². The molecule has 0 spiro atoms. The number of aliphatic hydroxyl groups is 1.